The third-order valence-corrected chi connectivity index (χ3v) is 5.18. The topological polar surface area (TPSA) is 15.7 Å². The number of rotatable bonds is 5. The fourth-order valence-electron chi connectivity index (χ4n) is 2.82. The molecule has 0 aromatic rings. The molecular formula is C14H28N2OS. The highest BCUT2D eigenvalue weighted by Gasteiger charge is 2.20. The molecule has 0 N–H and O–H groups in total. The molecule has 106 valence electrons. The van der Waals surface area contributed by atoms with Gasteiger partial charge in [-0.2, -0.15) is 0 Å². The summed E-state index contributed by atoms with van der Waals surface area (Å²) in [5.41, 5.74) is 0. The van der Waals surface area contributed by atoms with Crippen LogP contribution in [0, 0.1) is 5.92 Å². The molecule has 0 atom stereocenters. The summed E-state index contributed by atoms with van der Waals surface area (Å²) in [6.45, 7) is 9.35. The zero-order valence-electron chi connectivity index (χ0n) is 11.9. The fourth-order valence-corrected chi connectivity index (χ4v) is 3.39. The van der Waals surface area contributed by atoms with Gasteiger partial charge in [0.2, 0.25) is 0 Å². The van der Waals surface area contributed by atoms with Crippen molar-refractivity contribution in [1.29, 1.82) is 0 Å². The van der Waals surface area contributed by atoms with Crippen LogP contribution in [0.25, 0.3) is 0 Å². The van der Waals surface area contributed by atoms with E-state index in [9.17, 15) is 0 Å². The van der Waals surface area contributed by atoms with Crippen molar-refractivity contribution < 1.29 is 4.74 Å². The highest BCUT2D eigenvalue weighted by atomic mass is 32.2. The van der Waals surface area contributed by atoms with Gasteiger partial charge in [0.15, 0.2) is 0 Å². The molecule has 0 saturated carbocycles. The molecule has 0 radical (unpaired) electrons. The Morgan fingerprint density at radius 3 is 2.33 bits per heavy atom. The molecule has 0 aliphatic carbocycles. The molecule has 0 bridgehead atoms. The second-order valence-electron chi connectivity index (χ2n) is 5.71. The average molecular weight is 272 g/mol. The lowest BCUT2D eigenvalue weighted by Gasteiger charge is -2.32. The lowest BCUT2D eigenvalue weighted by molar-refractivity contribution is 0.00770. The Hall–Kier alpha value is 0.230. The van der Waals surface area contributed by atoms with Crippen LogP contribution in [0.5, 0.6) is 0 Å². The van der Waals surface area contributed by atoms with Crippen molar-refractivity contribution in [3.8, 4) is 0 Å². The molecule has 2 aliphatic heterocycles. The second-order valence-corrected chi connectivity index (χ2v) is 6.59. The zero-order valence-corrected chi connectivity index (χ0v) is 12.8. The molecule has 2 aliphatic rings. The Labute approximate surface area is 116 Å². The van der Waals surface area contributed by atoms with Gasteiger partial charge in [0.25, 0.3) is 0 Å². The first-order chi connectivity index (χ1) is 8.78. The highest BCUT2D eigenvalue weighted by molar-refractivity contribution is 7.96. The summed E-state index contributed by atoms with van der Waals surface area (Å²) >= 11 is 1.86. The van der Waals surface area contributed by atoms with Gasteiger partial charge in [0, 0.05) is 19.6 Å². The lowest BCUT2D eigenvalue weighted by Crippen LogP contribution is -2.37. The van der Waals surface area contributed by atoms with E-state index in [2.05, 4.69) is 22.4 Å². The zero-order chi connectivity index (χ0) is 12.8. The molecule has 0 amide bonds. The van der Waals surface area contributed by atoms with Crippen LogP contribution < -0.4 is 0 Å². The van der Waals surface area contributed by atoms with E-state index >= 15 is 0 Å². The molecule has 2 saturated heterocycles. The Morgan fingerprint density at radius 2 is 1.72 bits per heavy atom. The summed E-state index contributed by atoms with van der Waals surface area (Å²) in [7, 11) is 0. The number of hydrogen-bond acceptors (Lipinski definition) is 4. The SMILES string of the molecule is CSN1CCC(OCCN2CCC(C)CC2)CC1. The van der Waals surface area contributed by atoms with Gasteiger partial charge in [0.1, 0.15) is 0 Å². The van der Waals surface area contributed by atoms with Crippen molar-refractivity contribution in [3.63, 3.8) is 0 Å². The van der Waals surface area contributed by atoms with Crippen molar-refractivity contribution in [2.75, 3.05) is 45.6 Å². The lowest BCUT2D eigenvalue weighted by atomic mass is 9.99. The van der Waals surface area contributed by atoms with E-state index in [1.54, 1.807) is 0 Å². The maximum absolute atomic E-state index is 6.03. The van der Waals surface area contributed by atoms with Crippen LogP contribution in [-0.4, -0.2) is 60.9 Å². The number of likely N-dealkylation sites (tertiary alicyclic amines) is 1. The molecule has 0 aromatic heterocycles. The van der Waals surface area contributed by atoms with Crippen molar-refractivity contribution in [2.24, 2.45) is 5.92 Å². The van der Waals surface area contributed by atoms with Gasteiger partial charge in [-0.25, -0.2) is 0 Å². The first-order valence-corrected chi connectivity index (χ1v) is 8.59. The fraction of sp³-hybridized carbons (Fsp3) is 1.00. The summed E-state index contributed by atoms with van der Waals surface area (Å²) in [5, 5.41) is 0. The van der Waals surface area contributed by atoms with Crippen LogP contribution in [0.2, 0.25) is 0 Å². The van der Waals surface area contributed by atoms with E-state index < -0.39 is 0 Å². The van der Waals surface area contributed by atoms with Gasteiger partial charge in [-0.1, -0.05) is 18.9 Å². The third kappa shape index (κ3) is 4.72. The predicted octanol–water partition coefficient (Wildman–Crippen LogP) is 2.48. The van der Waals surface area contributed by atoms with Gasteiger partial charge in [-0.15, -0.1) is 0 Å². The van der Waals surface area contributed by atoms with Crippen LogP contribution in [0.1, 0.15) is 32.6 Å². The summed E-state index contributed by atoms with van der Waals surface area (Å²) in [6.07, 6.45) is 7.82. The molecule has 0 unspecified atom stereocenters. The minimum atomic E-state index is 0.511. The van der Waals surface area contributed by atoms with E-state index in [-0.39, 0.29) is 0 Å². The van der Waals surface area contributed by atoms with Crippen molar-refractivity contribution in [2.45, 2.75) is 38.7 Å². The monoisotopic (exact) mass is 272 g/mol. The summed E-state index contributed by atoms with van der Waals surface area (Å²) in [4.78, 5) is 2.57. The summed E-state index contributed by atoms with van der Waals surface area (Å²) in [5.74, 6) is 0.929. The van der Waals surface area contributed by atoms with Crippen LogP contribution >= 0.6 is 11.9 Å². The standard InChI is InChI=1S/C14H28N2OS/c1-13-3-7-15(8-4-13)11-12-17-14-5-9-16(18-2)10-6-14/h13-14H,3-12H2,1-2H3. The third-order valence-electron chi connectivity index (χ3n) is 4.30. The predicted molar refractivity (Wildman–Crippen MR) is 78.9 cm³/mol. The minimum absolute atomic E-state index is 0.511. The summed E-state index contributed by atoms with van der Waals surface area (Å²) < 4.78 is 8.46. The van der Waals surface area contributed by atoms with Gasteiger partial charge >= 0.3 is 0 Å². The normalized spacial score (nSPS) is 25.7. The van der Waals surface area contributed by atoms with E-state index in [1.807, 2.05) is 11.9 Å². The van der Waals surface area contributed by atoms with Crippen LogP contribution in [0.15, 0.2) is 0 Å². The van der Waals surface area contributed by atoms with E-state index in [4.69, 9.17) is 4.74 Å². The molecule has 0 aromatic carbocycles. The maximum Gasteiger partial charge on any atom is 0.0600 e. The van der Waals surface area contributed by atoms with Crippen molar-refractivity contribution >= 4 is 11.9 Å². The first kappa shape index (κ1) is 14.6. The van der Waals surface area contributed by atoms with Gasteiger partial charge < -0.3 is 9.64 Å². The Bertz CT molecular complexity index is 224. The Kier molecular flexibility index (Phi) is 6.29. The van der Waals surface area contributed by atoms with Gasteiger partial charge in [-0.05, 0) is 50.9 Å². The molecule has 3 nitrogen and oxygen atoms in total. The first-order valence-electron chi connectivity index (χ1n) is 7.41. The largest absolute Gasteiger partial charge is 0.377 e. The number of ether oxygens (including phenoxy) is 1. The van der Waals surface area contributed by atoms with Crippen LogP contribution in [0.4, 0.5) is 0 Å². The molecule has 2 heterocycles. The van der Waals surface area contributed by atoms with Gasteiger partial charge in [-0.3, -0.25) is 4.31 Å². The van der Waals surface area contributed by atoms with E-state index in [1.165, 1.54) is 51.9 Å². The molecule has 4 heteroatoms. The summed E-state index contributed by atoms with van der Waals surface area (Å²) in [6, 6.07) is 0. The van der Waals surface area contributed by atoms with Gasteiger partial charge in [0.05, 0.1) is 12.7 Å². The van der Waals surface area contributed by atoms with Crippen molar-refractivity contribution in [1.82, 2.24) is 9.21 Å². The van der Waals surface area contributed by atoms with Crippen molar-refractivity contribution in [3.05, 3.63) is 0 Å². The second kappa shape index (κ2) is 7.73. The van der Waals surface area contributed by atoms with E-state index in [0.29, 0.717) is 6.10 Å². The number of piperidine rings is 2. The molecular weight excluding hydrogens is 244 g/mol. The molecule has 2 fully saturated rings. The molecule has 18 heavy (non-hydrogen) atoms. The van der Waals surface area contributed by atoms with E-state index in [0.717, 1.165) is 19.1 Å². The Morgan fingerprint density at radius 1 is 1.06 bits per heavy atom. The Balaban J connectivity index is 1.53. The minimum Gasteiger partial charge on any atom is -0.377 e. The van der Waals surface area contributed by atoms with Crippen LogP contribution in [0.3, 0.4) is 0 Å². The molecule has 0 spiro atoms. The molecule has 2 rings (SSSR count). The quantitative estimate of drug-likeness (QED) is 0.714. The highest BCUT2D eigenvalue weighted by Crippen LogP contribution is 2.19. The maximum atomic E-state index is 6.03. The number of hydrogen-bond donors (Lipinski definition) is 0. The smallest absolute Gasteiger partial charge is 0.0600 e. The average Bonchev–Trinajstić information content (AvgIpc) is 2.42. The number of nitrogens with zero attached hydrogens (tertiary/aromatic N) is 2. The van der Waals surface area contributed by atoms with Crippen LogP contribution in [-0.2, 0) is 4.74 Å².